The van der Waals surface area contributed by atoms with Crippen molar-refractivity contribution in [2.75, 3.05) is 20.2 Å². The molecule has 0 spiro atoms. The number of carboxylic acids is 1. The second-order valence-electron chi connectivity index (χ2n) is 9.86. The lowest BCUT2D eigenvalue weighted by Crippen LogP contribution is -2.44. The summed E-state index contributed by atoms with van der Waals surface area (Å²) in [5, 5.41) is 10.9. The molecular formula is C28H31FN2O3. The first-order valence-electron chi connectivity index (χ1n) is 12.1. The highest BCUT2D eigenvalue weighted by Crippen LogP contribution is 2.45. The van der Waals surface area contributed by atoms with Crippen LogP contribution in [0.1, 0.15) is 49.1 Å². The summed E-state index contributed by atoms with van der Waals surface area (Å²) in [5.74, 6) is 0.158. The maximum Gasteiger partial charge on any atom is 0.310 e. The molecule has 1 atom stereocenters. The number of likely N-dealkylation sites (tertiary alicyclic amines) is 1. The predicted octanol–water partition coefficient (Wildman–Crippen LogP) is 5.43. The number of benzene rings is 2. The van der Waals surface area contributed by atoms with E-state index in [1.165, 1.54) is 11.8 Å². The van der Waals surface area contributed by atoms with Gasteiger partial charge in [-0.25, -0.2) is 4.39 Å². The second kappa shape index (κ2) is 9.34. The maximum atomic E-state index is 14.7. The topological polar surface area (TPSA) is 62.7 Å². The standard InChI is InChI=1S/C28H31FN2O3/c1-34-22-9-10-26-24(16-22)23(25(29)17-30-26)8-5-11-28(27(32)33)12-13-31(18-28)21-14-20(15-21)19-6-3-2-4-7-19/h2-4,6-7,9-10,16-17,20-21H,5,8,11-15,18H2,1H3,(H,32,33). The molecule has 5 nitrogen and oxygen atoms in total. The number of halogens is 1. The molecule has 1 saturated carbocycles. The van der Waals surface area contributed by atoms with Gasteiger partial charge in [-0.3, -0.25) is 14.7 Å². The van der Waals surface area contributed by atoms with Crippen LogP contribution in [0.25, 0.3) is 10.9 Å². The van der Waals surface area contributed by atoms with Gasteiger partial charge < -0.3 is 9.84 Å². The quantitative estimate of drug-likeness (QED) is 0.484. The lowest BCUT2D eigenvalue weighted by molar-refractivity contribution is -0.149. The number of rotatable bonds is 8. The number of carbonyl (C=O) groups is 1. The molecule has 34 heavy (non-hydrogen) atoms. The minimum absolute atomic E-state index is 0.348. The van der Waals surface area contributed by atoms with Crippen LogP contribution >= 0.6 is 0 Å². The molecule has 2 heterocycles. The van der Waals surface area contributed by atoms with E-state index in [9.17, 15) is 14.3 Å². The third-order valence-corrected chi connectivity index (χ3v) is 7.95. The van der Waals surface area contributed by atoms with Crippen molar-refractivity contribution in [2.45, 2.75) is 50.5 Å². The number of hydrogen-bond acceptors (Lipinski definition) is 4. The molecule has 178 valence electrons. The monoisotopic (exact) mass is 462 g/mol. The Morgan fingerprint density at radius 1 is 1.24 bits per heavy atom. The summed E-state index contributed by atoms with van der Waals surface area (Å²) in [7, 11) is 1.58. The number of fused-ring (bicyclic) bond motifs is 1. The van der Waals surface area contributed by atoms with Crippen molar-refractivity contribution in [1.82, 2.24) is 9.88 Å². The predicted molar refractivity (Wildman–Crippen MR) is 130 cm³/mol. The third kappa shape index (κ3) is 4.27. The normalized spacial score (nSPS) is 24.8. The van der Waals surface area contributed by atoms with Gasteiger partial charge in [0.05, 0.1) is 24.2 Å². The second-order valence-corrected chi connectivity index (χ2v) is 9.86. The van der Waals surface area contributed by atoms with E-state index in [0.29, 0.717) is 55.5 Å². The van der Waals surface area contributed by atoms with Crippen LogP contribution in [0.15, 0.2) is 54.7 Å². The number of pyridine rings is 1. The van der Waals surface area contributed by atoms with Gasteiger partial charge in [-0.05, 0) is 80.3 Å². The van der Waals surface area contributed by atoms with Gasteiger partial charge in [-0.15, -0.1) is 0 Å². The van der Waals surface area contributed by atoms with Gasteiger partial charge >= 0.3 is 5.97 Å². The first-order chi connectivity index (χ1) is 16.5. The Kier molecular flexibility index (Phi) is 6.26. The van der Waals surface area contributed by atoms with Crippen molar-refractivity contribution >= 4 is 16.9 Å². The number of carboxylic acid groups (broad SMARTS) is 1. The molecule has 1 aliphatic carbocycles. The average molecular weight is 463 g/mol. The van der Waals surface area contributed by atoms with Crippen LogP contribution in [-0.2, 0) is 11.2 Å². The van der Waals surface area contributed by atoms with Crippen molar-refractivity contribution in [1.29, 1.82) is 0 Å². The first kappa shape index (κ1) is 22.8. The number of nitrogens with zero attached hydrogens (tertiary/aromatic N) is 2. The fourth-order valence-corrected chi connectivity index (χ4v) is 5.77. The molecule has 2 aromatic carbocycles. The molecule has 0 bridgehead atoms. The molecule has 1 aliphatic heterocycles. The van der Waals surface area contributed by atoms with Crippen molar-refractivity contribution in [3.8, 4) is 5.75 Å². The fraction of sp³-hybridized carbons (Fsp3) is 0.429. The fourth-order valence-electron chi connectivity index (χ4n) is 5.77. The van der Waals surface area contributed by atoms with Crippen molar-refractivity contribution < 1.29 is 19.0 Å². The zero-order chi connectivity index (χ0) is 23.7. The molecule has 0 amide bonds. The van der Waals surface area contributed by atoms with Gasteiger partial charge in [-0.2, -0.15) is 0 Å². The minimum atomic E-state index is -0.755. The van der Waals surface area contributed by atoms with E-state index in [2.05, 4.69) is 34.1 Å². The Bertz CT molecular complexity index is 1180. The number of ether oxygens (including phenoxy) is 1. The number of aryl methyl sites for hydroxylation is 1. The molecule has 3 aromatic rings. The molecule has 0 radical (unpaired) electrons. The Labute approximate surface area is 199 Å². The van der Waals surface area contributed by atoms with E-state index >= 15 is 0 Å². The van der Waals surface area contributed by atoms with E-state index in [0.717, 1.165) is 30.3 Å². The van der Waals surface area contributed by atoms with E-state index in [1.807, 2.05) is 24.3 Å². The van der Waals surface area contributed by atoms with Gasteiger partial charge in [0.25, 0.3) is 0 Å². The van der Waals surface area contributed by atoms with Crippen molar-refractivity contribution in [3.05, 3.63) is 71.7 Å². The molecule has 1 unspecified atom stereocenters. The van der Waals surface area contributed by atoms with Crippen LogP contribution < -0.4 is 4.74 Å². The number of hydrogen-bond donors (Lipinski definition) is 1. The van der Waals surface area contributed by atoms with Gasteiger partial charge in [0, 0.05) is 18.0 Å². The van der Waals surface area contributed by atoms with Gasteiger partial charge in [-0.1, -0.05) is 30.3 Å². The zero-order valence-corrected chi connectivity index (χ0v) is 19.5. The van der Waals surface area contributed by atoms with Crippen LogP contribution in [0.3, 0.4) is 0 Å². The Morgan fingerprint density at radius 3 is 2.76 bits per heavy atom. The van der Waals surface area contributed by atoms with E-state index < -0.39 is 11.4 Å². The number of aliphatic carboxylic acids is 1. The highest BCUT2D eigenvalue weighted by Gasteiger charge is 2.48. The van der Waals surface area contributed by atoms with E-state index in [4.69, 9.17) is 4.74 Å². The molecular weight excluding hydrogens is 431 g/mol. The lowest BCUT2D eigenvalue weighted by Gasteiger charge is -2.42. The molecule has 6 heteroatoms. The first-order valence-corrected chi connectivity index (χ1v) is 12.1. The molecule has 1 N–H and O–H groups in total. The Morgan fingerprint density at radius 2 is 2.03 bits per heavy atom. The summed E-state index contributed by atoms with van der Waals surface area (Å²) in [6.45, 7) is 1.41. The summed E-state index contributed by atoms with van der Waals surface area (Å²) in [6, 6.07) is 16.5. The molecule has 5 rings (SSSR count). The van der Waals surface area contributed by atoms with E-state index in [1.54, 1.807) is 7.11 Å². The smallest absolute Gasteiger partial charge is 0.310 e. The molecule has 2 fully saturated rings. The summed E-state index contributed by atoms with van der Waals surface area (Å²) in [5.41, 5.74) is 1.93. The van der Waals surface area contributed by atoms with E-state index in [-0.39, 0.29) is 5.82 Å². The van der Waals surface area contributed by atoms with Gasteiger partial charge in [0.1, 0.15) is 11.6 Å². The van der Waals surface area contributed by atoms with Gasteiger partial charge in [0.2, 0.25) is 0 Å². The highest BCUT2D eigenvalue weighted by atomic mass is 19.1. The average Bonchev–Trinajstić information content (AvgIpc) is 3.25. The Balaban J connectivity index is 1.23. The summed E-state index contributed by atoms with van der Waals surface area (Å²) < 4.78 is 20.0. The lowest BCUT2D eigenvalue weighted by atomic mass is 9.75. The van der Waals surface area contributed by atoms with Crippen LogP contribution in [0.2, 0.25) is 0 Å². The van der Waals surface area contributed by atoms with Crippen molar-refractivity contribution in [2.24, 2.45) is 5.41 Å². The SMILES string of the molecule is COc1ccc2ncc(F)c(CCCC3(C(=O)O)CCN(C4CC(c5ccccc5)C4)C3)c2c1. The third-order valence-electron chi connectivity index (χ3n) is 7.95. The minimum Gasteiger partial charge on any atom is -0.497 e. The van der Waals surface area contributed by atoms with Crippen LogP contribution in [0.4, 0.5) is 4.39 Å². The van der Waals surface area contributed by atoms with Crippen LogP contribution in [0, 0.1) is 11.2 Å². The van der Waals surface area contributed by atoms with Crippen LogP contribution in [0.5, 0.6) is 5.75 Å². The summed E-state index contributed by atoms with van der Waals surface area (Å²) >= 11 is 0. The zero-order valence-electron chi connectivity index (χ0n) is 19.5. The molecule has 1 aromatic heterocycles. The molecule has 1 saturated heterocycles. The van der Waals surface area contributed by atoms with Gasteiger partial charge in [0.15, 0.2) is 0 Å². The largest absolute Gasteiger partial charge is 0.497 e. The maximum absolute atomic E-state index is 14.7. The molecule has 2 aliphatic rings. The highest BCUT2D eigenvalue weighted by molar-refractivity contribution is 5.83. The number of methoxy groups -OCH3 is 1. The van der Waals surface area contributed by atoms with Crippen LogP contribution in [-0.4, -0.2) is 47.2 Å². The van der Waals surface area contributed by atoms with Crippen molar-refractivity contribution in [3.63, 3.8) is 0 Å². The number of aromatic nitrogens is 1. The Hall–Kier alpha value is -2.99. The summed E-state index contributed by atoms with van der Waals surface area (Å²) in [4.78, 5) is 18.9. The summed E-state index contributed by atoms with van der Waals surface area (Å²) in [6.07, 6.45) is 5.74.